The molecule has 8 nitrogen and oxygen atoms in total. The number of hydrogen-bond donors (Lipinski definition) is 2. The first-order valence-corrected chi connectivity index (χ1v) is 12.6. The van der Waals surface area contributed by atoms with Crippen molar-refractivity contribution in [2.24, 2.45) is 5.92 Å². The molecule has 1 fully saturated rings. The van der Waals surface area contributed by atoms with Crippen LogP contribution in [-0.4, -0.2) is 51.4 Å². The number of nitrogens with zero attached hydrogens (tertiary/aromatic N) is 1. The highest BCUT2D eigenvalue weighted by molar-refractivity contribution is 7.92. The molecule has 2 aromatic carbocycles. The van der Waals surface area contributed by atoms with Gasteiger partial charge in [-0.1, -0.05) is 13.0 Å². The van der Waals surface area contributed by atoms with Gasteiger partial charge in [0.1, 0.15) is 5.75 Å². The van der Waals surface area contributed by atoms with Gasteiger partial charge in [-0.2, -0.15) is 0 Å². The fourth-order valence-electron chi connectivity index (χ4n) is 3.65. The Morgan fingerprint density at radius 3 is 2.39 bits per heavy atom. The maximum atomic E-state index is 12.9. The Labute approximate surface area is 195 Å². The molecule has 178 valence electrons. The molecule has 0 spiro atoms. The summed E-state index contributed by atoms with van der Waals surface area (Å²) in [4.78, 5) is 27.0. The minimum atomic E-state index is -3.79. The van der Waals surface area contributed by atoms with E-state index in [-0.39, 0.29) is 28.7 Å². The predicted octanol–water partition coefficient (Wildman–Crippen LogP) is 3.26. The normalized spacial score (nSPS) is 15.5. The molecule has 1 atom stereocenters. The Balaban J connectivity index is 1.59. The van der Waals surface area contributed by atoms with Gasteiger partial charge in [-0.25, -0.2) is 8.42 Å². The van der Waals surface area contributed by atoms with E-state index in [0.717, 1.165) is 6.42 Å². The fraction of sp³-hybridized carbons (Fsp3) is 0.417. The van der Waals surface area contributed by atoms with Crippen LogP contribution in [0.4, 0.5) is 5.69 Å². The molecule has 0 bridgehead atoms. The molecule has 33 heavy (non-hydrogen) atoms. The lowest BCUT2D eigenvalue weighted by Crippen LogP contribution is -2.44. The second kappa shape index (κ2) is 10.7. The number of rotatable bonds is 8. The lowest BCUT2D eigenvalue weighted by Gasteiger charge is -2.32. The zero-order chi connectivity index (χ0) is 24.0. The molecule has 0 aromatic heterocycles. The van der Waals surface area contributed by atoms with E-state index in [1.807, 2.05) is 13.8 Å². The first-order valence-electron chi connectivity index (χ1n) is 11.1. The highest BCUT2D eigenvalue weighted by atomic mass is 32.2. The molecule has 2 aromatic rings. The molecule has 0 saturated carbocycles. The van der Waals surface area contributed by atoms with Crippen molar-refractivity contribution in [3.05, 3.63) is 54.1 Å². The third-order valence-corrected chi connectivity index (χ3v) is 7.27. The van der Waals surface area contributed by atoms with Crippen LogP contribution in [0.3, 0.4) is 0 Å². The summed E-state index contributed by atoms with van der Waals surface area (Å²) in [6.07, 6.45) is 2.15. The second-order valence-electron chi connectivity index (χ2n) is 8.25. The maximum absolute atomic E-state index is 12.9. The number of ether oxygens (including phenoxy) is 1. The molecule has 0 aliphatic carbocycles. The molecule has 1 aliphatic heterocycles. The zero-order valence-corrected chi connectivity index (χ0v) is 20.0. The van der Waals surface area contributed by atoms with Crippen LogP contribution in [0.5, 0.6) is 5.75 Å². The number of piperidine rings is 1. The molecule has 1 heterocycles. The van der Waals surface area contributed by atoms with Crippen molar-refractivity contribution in [3.63, 3.8) is 0 Å². The van der Waals surface area contributed by atoms with Crippen LogP contribution in [0.15, 0.2) is 53.4 Å². The third-order valence-electron chi connectivity index (χ3n) is 5.89. The van der Waals surface area contributed by atoms with Gasteiger partial charge in [0.25, 0.3) is 15.9 Å². The number of carbonyl (C=O) groups is 2. The summed E-state index contributed by atoms with van der Waals surface area (Å²) in [5, 5.41) is 3.01. The van der Waals surface area contributed by atoms with Crippen LogP contribution >= 0.6 is 0 Å². The van der Waals surface area contributed by atoms with Gasteiger partial charge in [-0.05, 0) is 62.6 Å². The summed E-state index contributed by atoms with van der Waals surface area (Å²) < 4.78 is 32.9. The Hall–Kier alpha value is -3.07. The first kappa shape index (κ1) is 24.6. The molecule has 1 saturated heterocycles. The van der Waals surface area contributed by atoms with Gasteiger partial charge >= 0.3 is 0 Å². The van der Waals surface area contributed by atoms with Crippen LogP contribution < -0.4 is 14.8 Å². The van der Waals surface area contributed by atoms with Gasteiger partial charge in [0.05, 0.1) is 12.0 Å². The standard InChI is InChI=1S/C24H31N3O5S/c1-4-17(2)25-23(28)18-12-14-27(15-13-18)24(29)19-8-10-20(11-9-19)26-33(30,31)22-7-5-6-21(16-22)32-3/h5-11,16-18,26H,4,12-15H2,1-3H3,(H,25,28)/t17-/m0/s1. The minimum absolute atomic E-state index is 0.0594. The van der Waals surface area contributed by atoms with E-state index >= 15 is 0 Å². The monoisotopic (exact) mass is 473 g/mol. The van der Waals surface area contributed by atoms with Gasteiger partial charge in [-0.3, -0.25) is 14.3 Å². The number of methoxy groups -OCH3 is 1. The largest absolute Gasteiger partial charge is 0.497 e. The average Bonchev–Trinajstić information content (AvgIpc) is 2.83. The van der Waals surface area contributed by atoms with E-state index in [0.29, 0.717) is 42.9 Å². The van der Waals surface area contributed by atoms with E-state index in [1.54, 1.807) is 41.3 Å². The van der Waals surface area contributed by atoms with Crippen LogP contribution in [0.25, 0.3) is 0 Å². The van der Waals surface area contributed by atoms with Crippen molar-refractivity contribution in [2.45, 2.75) is 44.0 Å². The maximum Gasteiger partial charge on any atom is 0.262 e. The van der Waals surface area contributed by atoms with E-state index < -0.39 is 10.0 Å². The number of anilines is 1. The average molecular weight is 474 g/mol. The van der Waals surface area contributed by atoms with E-state index in [1.165, 1.54) is 19.2 Å². The van der Waals surface area contributed by atoms with Gasteiger partial charge in [-0.15, -0.1) is 0 Å². The van der Waals surface area contributed by atoms with Gasteiger partial charge in [0.2, 0.25) is 5.91 Å². The summed E-state index contributed by atoms with van der Waals surface area (Å²) in [5.41, 5.74) is 0.830. The molecule has 9 heteroatoms. The van der Waals surface area contributed by atoms with Crippen molar-refractivity contribution < 1.29 is 22.7 Å². The summed E-state index contributed by atoms with van der Waals surface area (Å²) in [6, 6.07) is 12.7. The van der Waals surface area contributed by atoms with Crippen LogP contribution in [-0.2, 0) is 14.8 Å². The summed E-state index contributed by atoms with van der Waals surface area (Å²) in [6.45, 7) is 5.04. The summed E-state index contributed by atoms with van der Waals surface area (Å²) in [7, 11) is -2.32. The SMILES string of the molecule is CC[C@H](C)NC(=O)C1CCN(C(=O)c2ccc(NS(=O)(=O)c3cccc(OC)c3)cc2)CC1. The minimum Gasteiger partial charge on any atom is -0.497 e. The van der Waals surface area contributed by atoms with Crippen molar-refractivity contribution in [1.29, 1.82) is 0 Å². The molecular weight excluding hydrogens is 442 g/mol. The Kier molecular flexibility index (Phi) is 7.97. The van der Waals surface area contributed by atoms with E-state index in [4.69, 9.17) is 4.74 Å². The Bertz CT molecular complexity index is 1080. The highest BCUT2D eigenvalue weighted by Crippen LogP contribution is 2.23. The number of amides is 2. The zero-order valence-electron chi connectivity index (χ0n) is 19.2. The van der Waals surface area contributed by atoms with Gasteiger partial charge in [0.15, 0.2) is 0 Å². The number of carbonyl (C=O) groups excluding carboxylic acids is 2. The third kappa shape index (κ3) is 6.25. The van der Waals surface area contributed by atoms with Crippen molar-refractivity contribution >= 4 is 27.5 Å². The molecular formula is C24H31N3O5S. The number of hydrogen-bond acceptors (Lipinski definition) is 5. The second-order valence-corrected chi connectivity index (χ2v) is 9.93. The summed E-state index contributed by atoms with van der Waals surface area (Å²) in [5.74, 6) is 0.304. The van der Waals surface area contributed by atoms with Crippen LogP contribution in [0.1, 0.15) is 43.5 Å². The molecule has 0 radical (unpaired) electrons. The van der Waals surface area contributed by atoms with E-state index in [9.17, 15) is 18.0 Å². The number of benzene rings is 2. The highest BCUT2D eigenvalue weighted by Gasteiger charge is 2.28. The lowest BCUT2D eigenvalue weighted by atomic mass is 9.95. The van der Waals surface area contributed by atoms with Crippen molar-refractivity contribution in [1.82, 2.24) is 10.2 Å². The van der Waals surface area contributed by atoms with E-state index in [2.05, 4.69) is 10.0 Å². The number of nitrogens with one attached hydrogen (secondary N) is 2. The molecule has 2 N–H and O–H groups in total. The number of sulfonamides is 1. The number of likely N-dealkylation sites (tertiary alicyclic amines) is 1. The van der Waals surface area contributed by atoms with Gasteiger partial charge in [0, 0.05) is 42.4 Å². The topological polar surface area (TPSA) is 105 Å². The lowest BCUT2D eigenvalue weighted by molar-refractivity contribution is -0.126. The quantitative estimate of drug-likeness (QED) is 0.612. The Morgan fingerprint density at radius 2 is 1.79 bits per heavy atom. The smallest absolute Gasteiger partial charge is 0.262 e. The summed E-state index contributed by atoms with van der Waals surface area (Å²) >= 11 is 0. The molecule has 3 rings (SSSR count). The first-order chi connectivity index (χ1) is 15.7. The molecule has 2 amide bonds. The Morgan fingerprint density at radius 1 is 1.12 bits per heavy atom. The predicted molar refractivity (Wildman–Crippen MR) is 127 cm³/mol. The van der Waals surface area contributed by atoms with Crippen LogP contribution in [0.2, 0.25) is 0 Å². The van der Waals surface area contributed by atoms with Crippen molar-refractivity contribution in [2.75, 3.05) is 24.9 Å². The van der Waals surface area contributed by atoms with Crippen LogP contribution in [0, 0.1) is 5.92 Å². The van der Waals surface area contributed by atoms with Crippen molar-refractivity contribution in [3.8, 4) is 5.75 Å². The van der Waals surface area contributed by atoms with Gasteiger partial charge < -0.3 is 15.0 Å². The molecule has 0 unspecified atom stereocenters. The molecule has 1 aliphatic rings. The fourth-order valence-corrected chi connectivity index (χ4v) is 4.75.